The molecule has 1 unspecified atom stereocenters. The van der Waals surface area contributed by atoms with E-state index in [2.05, 4.69) is 57.4 Å². The monoisotopic (exact) mass is 969 g/mol. The molecule has 5 aromatic rings. The first-order chi connectivity index (χ1) is 33.7. The largest absolute Gasteiger partial charge is 0.496 e. The van der Waals surface area contributed by atoms with E-state index in [1.165, 1.54) is 21.1 Å². The quantitative estimate of drug-likeness (QED) is 0.0822. The molecular weight excluding hydrogens is 907 g/mol. The van der Waals surface area contributed by atoms with E-state index in [-0.39, 0.29) is 17.9 Å². The lowest BCUT2D eigenvalue weighted by atomic mass is 9.47. The number of para-hydroxylation sites is 1. The van der Waals surface area contributed by atoms with Gasteiger partial charge in [0.15, 0.2) is 6.10 Å². The Morgan fingerprint density at radius 1 is 0.929 bits per heavy atom. The lowest BCUT2D eigenvalue weighted by Gasteiger charge is -2.63. The van der Waals surface area contributed by atoms with Gasteiger partial charge in [0.1, 0.15) is 11.2 Å². The summed E-state index contributed by atoms with van der Waals surface area (Å²) in [5.74, 6) is -1.75. The normalized spacial score (nSPS) is 33.0. The highest BCUT2D eigenvalue weighted by Gasteiger charge is 2.80. The smallest absolute Gasteiger partial charge is 0.344 e. The van der Waals surface area contributed by atoms with Gasteiger partial charge in [-0.3, -0.25) is 19.3 Å². The van der Waals surface area contributed by atoms with E-state index in [1.807, 2.05) is 66.7 Å². The van der Waals surface area contributed by atoms with Crippen LogP contribution in [0.3, 0.4) is 0 Å². The maximum absolute atomic E-state index is 15.8. The van der Waals surface area contributed by atoms with Gasteiger partial charge in [-0.25, -0.2) is 4.79 Å². The number of benzene rings is 3. The average Bonchev–Trinajstić information content (AvgIpc) is 4.16. The second-order valence-electron chi connectivity index (χ2n) is 20.9. The fourth-order valence-corrected chi connectivity index (χ4v) is 15.9. The highest BCUT2D eigenvalue weighted by atomic mass is 32.1. The van der Waals surface area contributed by atoms with Gasteiger partial charge in [0.25, 0.3) is 5.91 Å². The van der Waals surface area contributed by atoms with Crippen molar-refractivity contribution in [1.82, 2.24) is 20.1 Å². The maximum atomic E-state index is 15.8. The van der Waals surface area contributed by atoms with Gasteiger partial charge in [-0.2, -0.15) is 0 Å². The van der Waals surface area contributed by atoms with Gasteiger partial charge in [-0.05, 0) is 103 Å². The molecule has 3 N–H and O–H groups in total. The van der Waals surface area contributed by atoms with E-state index >= 15 is 4.79 Å². The molecule has 1 saturated carbocycles. The van der Waals surface area contributed by atoms with E-state index in [4.69, 9.17) is 18.9 Å². The van der Waals surface area contributed by atoms with E-state index in [9.17, 15) is 19.5 Å². The van der Waals surface area contributed by atoms with Crippen LogP contribution in [0, 0.1) is 11.3 Å². The number of likely N-dealkylation sites (N-methyl/N-ethyl adjacent to an activating group) is 1. The van der Waals surface area contributed by atoms with Crippen LogP contribution in [0.5, 0.6) is 5.75 Å². The molecule has 2 aromatic heterocycles. The van der Waals surface area contributed by atoms with Crippen molar-refractivity contribution >= 4 is 61.8 Å². The van der Waals surface area contributed by atoms with E-state index in [0.717, 1.165) is 43.5 Å². The number of esters is 3. The van der Waals surface area contributed by atoms with Gasteiger partial charge in [-0.15, -0.1) is 11.3 Å². The minimum absolute atomic E-state index is 0.122. The Morgan fingerprint density at radius 3 is 2.47 bits per heavy atom. The second-order valence-corrected chi connectivity index (χ2v) is 21.8. The Balaban J connectivity index is 1.13. The number of hydrogen-bond donors (Lipinski definition) is 3. The summed E-state index contributed by atoms with van der Waals surface area (Å²) in [4.78, 5) is 68.5. The zero-order chi connectivity index (χ0) is 49.1. The van der Waals surface area contributed by atoms with Crippen LogP contribution in [-0.2, 0) is 45.8 Å². The summed E-state index contributed by atoms with van der Waals surface area (Å²) in [6.45, 7) is 8.77. The van der Waals surface area contributed by atoms with Gasteiger partial charge in [0.05, 0.1) is 32.9 Å². The van der Waals surface area contributed by atoms with Gasteiger partial charge in [-0.1, -0.05) is 50.3 Å². The minimum Gasteiger partial charge on any atom is -0.496 e. The summed E-state index contributed by atoms with van der Waals surface area (Å²) in [6, 6.07) is 18.9. The predicted molar refractivity (Wildman–Crippen MR) is 268 cm³/mol. The van der Waals surface area contributed by atoms with Crippen molar-refractivity contribution in [3.63, 3.8) is 0 Å². The number of aromatic nitrogens is 1. The van der Waals surface area contributed by atoms with Crippen molar-refractivity contribution in [2.75, 3.05) is 66.0 Å². The number of H-pyrrole nitrogens is 1. The molecule has 1 amide bonds. The standard InChI is InChI=1S/C55H63N5O9S/c1-8-51(57-45(62)35-16-15-34-18-24-70-43(34)25-35)28-33-29-54(49(63)67-6,44-37(17-22-59(30-33)31-51)36-13-10-11-14-40(36)56-44)39-26-38-41(27-42(39)66-5)58(4)47-53(38)20-23-60-21-12-19-52(9-2,46(53)60)48(69-32(3)61)55(47,65)50(64)68-7/h10-16,18-19,24-27,33,46-48,56,65H,8-9,17,20-23,28-31H2,1-7H3,(H,57,62)/t33-,46+,47-,48-,51+,52-,53-,54+,55+/m1/s1. The first-order valence-corrected chi connectivity index (χ1v) is 25.6. The number of piperidine rings is 1. The summed E-state index contributed by atoms with van der Waals surface area (Å²) in [6.07, 6.45) is 6.03. The molecular formula is C55H63N5O9S. The first kappa shape index (κ1) is 46.6. The summed E-state index contributed by atoms with van der Waals surface area (Å²) in [7, 11) is 6.18. The Morgan fingerprint density at radius 2 is 1.73 bits per heavy atom. The minimum atomic E-state index is -2.33. The highest BCUT2D eigenvalue weighted by molar-refractivity contribution is 7.17. The summed E-state index contributed by atoms with van der Waals surface area (Å²) in [5.41, 5.74) is -0.914. The second kappa shape index (κ2) is 16.7. The molecule has 1 spiro atoms. The number of hydrogen-bond acceptors (Lipinski definition) is 13. The number of carbonyl (C=O) groups excluding carboxylic acids is 4. The number of anilines is 1. The Hall–Kier alpha value is -5.74. The maximum Gasteiger partial charge on any atom is 0.344 e. The number of nitrogens with zero attached hydrogens (tertiary/aromatic N) is 3. The molecule has 7 heterocycles. The van der Waals surface area contributed by atoms with Crippen molar-refractivity contribution in [3.05, 3.63) is 106 Å². The third-order valence-electron chi connectivity index (χ3n) is 17.7. The van der Waals surface area contributed by atoms with Crippen molar-refractivity contribution in [2.45, 2.75) is 99.5 Å². The van der Waals surface area contributed by atoms with Gasteiger partial charge >= 0.3 is 17.9 Å². The third kappa shape index (κ3) is 6.32. The molecule has 2 bridgehead atoms. The van der Waals surface area contributed by atoms with E-state index in [1.54, 1.807) is 18.4 Å². The van der Waals surface area contributed by atoms with Crippen LogP contribution in [0.2, 0.25) is 0 Å². The lowest BCUT2D eigenvalue weighted by molar-refractivity contribution is -0.228. The molecule has 15 heteroatoms. The van der Waals surface area contributed by atoms with Crippen molar-refractivity contribution < 1.29 is 43.2 Å². The molecule has 1 aliphatic carbocycles. The van der Waals surface area contributed by atoms with Crippen LogP contribution in [0.4, 0.5) is 5.69 Å². The van der Waals surface area contributed by atoms with Crippen LogP contribution in [0.15, 0.2) is 78.2 Å². The molecule has 368 valence electrons. The molecule has 14 nitrogen and oxygen atoms in total. The van der Waals surface area contributed by atoms with Crippen LogP contribution in [0.1, 0.15) is 85.6 Å². The molecule has 3 fully saturated rings. The number of carbonyl (C=O) groups is 4. The number of nitrogens with one attached hydrogen (secondary N) is 2. The first-order valence-electron chi connectivity index (χ1n) is 24.7. The summed E-state index contributed by atoms with van der Waals surface area (Å²) < 4.78 is 25.4. The lowest BCUT2D eigenvalue weighted by Crippen LogP contribution is -2.81. The van der Waals surface area contributed by atoms with Crippen molar-refractivity contribution in [2.24, 2.45) is 11.3 Å². The molecule has 5 aliphatic heterocycles. The van der Waals surface area contributed by atoms with Crippen LogP contribution >= 0.6 is 11.3 Å². The fourth-order valence-electron chi connectivity index (χ4n) is 15.1. The number of fused-ring (bicyclic) bond motifs is 7. The number of thiophene rings is 1. The molecule has 70 heavy (non-hydrogen) atoms. The Labute approximate surface area is 412 Å². The van der Waals surface area contributed by atoms with Crippen molar-refractivity contribution in [3.8, 4) is 5.75 Å². The van der Waals surface area contributed by atoms with E-state index < -0.39 is 57.4 Å². The SMILES string of the molecule is CC[C@]1(NC(=O)c2ccc3ccsc3c2)C[C@H]2CN(CCc3c([nH]c4ccccc34)[C@@](C(=O)OC)(c3cc4c(cc3OC)N(C)[C@H]3[C@@](O)(C(=O)OC)[C@H](OC(C)=O)[C@]5(CC)C=CCN6CC[C@]43[C@@H]65)C2)C1. The number of ether oxygens (including phenoxy) is 4. The van der Waals surface area contributed by atoms with Crippen LogP contribution in [-0.4, -0.2) is 134 Å². The number of aromatic amines is 1. The van der Waals surface area contributed by atoms with Crippen LogP contribution in [0.25, 0.3) is 21.0 Å². The summed E-state index contributed by atoms with van der Waals surface area (Å²) >= 11 is 1.62. The summed E-state index contributed by atoms with van der Waals surface area (Å²) in [5, 5.41) is 21.2. The molecule has 0 radical (unpaired) electrons. The number of rotatable bonds is 9. The number of aliphatic hydroxyl groups is 1. The fraction of sp³-hybridized carbons (Fsp3) is 0.491. The topological polar surface area (TPSA) is 163 Å². The zero-order valence-electron chi connectivity index (χ0n) is 41.1. The molecule has 2 saturated heterocycles. The Bertz CT molecular complexity index is 3000. The molecule has 6 aliphatic rings. The number of amides is 1. The average molecular weight is 970 g/mol. The Kier molecular flexibility index (Phi) is 11.1. The predicted octanol–water partition coefficient (Wildman–Crippen LogP) is 6.64. The van der Waals surface area contributed by atoms with E-state index in [0.29, 0.717) is 88.1 Å². The van der Waals surface area contributed by atoms with Crippen LogP contribution < -0.4 is 15.0 Å². The van der Waals surface area contributed by atoms with Gasteiger partial charge in [0, 0.05) is 101 Å². The molecule has 11 rings (SSSR count). The molecule has 3 aromatic carbocycles. The van der Waals surface area contributed by atoms with Crippen molar-refractivity contribution in [1.29, 1.82) is 0 Å². The number of methoxy groups -OCH3 is 3. The van der Waals surface area contributed by atoms with Gasteiger partial charge in [0.2, 0.25) is 5.60 Å². The third-order valence-corrected chi connectivity index (χ3v) is 18.6. The molecule has 10 atom stereocenters. The van der Waals surface area contributed by atoms with Gasteiger partial charge < -0.3 is 44.2 Å². The highest BCUT2D eigenvalue weighted by Crippen LogP contribution is 2.68. The zero-order valence-corrected chi connectivity index (χ0v) is 41.9.